The van der Waals surface area contributed by atoms with Gasteiger partial charge in [0.25, 0.3) is 0 Å². The van der Waals surface area contributed by atoms with Crippen LogP contribution in [-0.4, -0.2) is 57.3 Å². The number of nitrogens with two attached hydrogens (primary N) is 1. The van der Waals surface area contributed by atoms with E-state index in [1.54, 1.807) is 24.7 Å². The maximum absolute atomic E-state index is 8.74. The molecule has 0 atom stereocenters. The molecule has 0 saturated carbocycles. The smallest absolute Gasteiger partial charge is 0.214 e. The van der Waals surface area contributed by atoms with Crippen molar-refractivity contribution in [3.63, 3.8) is 0 Å². The van der Waals surface area contributed by atoms with E-state index in [0.717, 1.165) is 43.3 Å². The molecule has 1 aliphatic rings. The van der Waals surface area contributed by atoms with Crippen LogP contribution >= 0.6 is 11.9 Å². The highest BCUT2D eigenvalue weighted by molar-refractivity contribution is 7.96. The molecule has 0 unspecified atom stereocenters. The SMILES string of the molecule is CC(C)Oc1cc(C(=N)c2ccnc(N3CCN(SCc4cccnc4)CC3)c2)c(N)cn1. The van der Waals surface area contributed by atoms with Crippen molar-refractivity contribution in [1.29, 1.82) is 5.41 Å². The van der Waals surface area contributed by atoms with Crippen molar-refractivity contribution in [2.45, 2.75) is 25.7 Å². The third-order valence-electron chi connectivity index (χ3n) is 5.27. The fourth-order valence-electron chi connectivity index (χ4n) is 3.57. The van der Waals surface area contributed by atoms with E-state index >= 15 is 0 Å². The minimum absolute atomic E-state index is 0.00289. The highest BCUT2D eigenvalue weighted by atomic mass is 32.2. The van der Waals surface area contributed by atoms with Crippen LogP contribution in [0.25, 0.3) is 0 Å². The number of hydrogen-bond acceptors (Lipinski definition) is 9. The van der Waals surface area contributed by atoms with E-state index in [-0.39, 0.29) is 6.10 Å². The van der Waals surface area contributed by atoms with Gasteiger partial charge < -0.3 is 15.4 Å². The molecule has 3 aromatic rings. The van der Waals surface area contributed by atoms with E-state index in [1.165, 1.54) is 5.56 Å². The average molecular weight is 464 g/mol. The fraction of sp³-hybridized carbons (Fsp3) is 0.333. The number of nitrogens with zero attached hydrogens (tertiary/aromatic N) is 5. The predicted molar refractivity (Wildman–Crippen MR) is 134 cm³/mol. The Hall–Kier alpha value is -3.17. The first kappa shape index (κ1) is 23.0. The average Bonchev–Trinajstić information content (AvgIpc) is 2.84. The maximum atomic E-state index is 8.74. The first-order chi connectivity index (χ1) is 16.0. The molecule has 0 radical (unpaired) electrons. The van der Waals surface area contributed by atoms with E-state index in [4.69, 9.17) is 15.9 Å². The normalized spacial score (nSPS) is 14.5. The van der Waals surface area contributed by atoms with Gasteiger partial charge >= 0.3 is 0 Å². The van der Waals surface area contributed by atoms with Gasteiger partial charge in [-0.25, -0.2) is 14.3 Å². The molecule has 8 nitrogen and oxygen atoms in total. The van der Waals surface area contributed by atoms with Crippen LogP contribution in [0.1, 0.15) is 30.5 Å². The van der Waals surface area contributed by atoms with Crippen molar-refractivity contribution < 1.29 is 4.74 Å². The van der Waals surface area contributed by atoms with Crippen molar-refractivity contribution in [3.8, 4) is 5.88 Å². The number of nitrogen functional groups attached to an aromatic ring is 1. The van der Waals surface area contributed by atoms with Crippen molar-refractivity contribution in [1.82, 2.24) is 19.3 Å². The minimum Gasteiger partial charge on any atom is -0.475 e. The molecule has 0 spiro atoms. The summed E-state index contributed by atoms with van der Waals surface area (Å²) in [7, 11) is 0. The highest BCUT2D eigenvalue weighted by Gasteiger charge is 2.20. The molecule has 0 aliphatic carbocycles. The monoisotopic (exact) mass is 463 g/mol. The first-order valence-electron chi connectivity index (χ1n) is 11.0. The number of nitrogens with one attached hydrogen (secondary N) is 1. The van der Waals surface area contributed by atoms with E-state index in [0.29, 0.717) is 22.8 Å². The van der Waals surface area contributed by atoms with Crippen molar-refractivity contribution >= 4 is 29.2 Å². The van der Waals surface area contributed by atoms with E-state index in [9.17, 15) is 0 Å². The second kappa shape index (κ2) is 10.6. The van der Waals surface area contributed by atoms with Gasteiger partial charge in [0.15, 0.2) is 0 Å². The molecule has 9 heteroatoms. The second-order valence-corrected chi connectivity index (χ2v) is 9.17. The third kappa shape index (κ3) is 6.00. The molecule has 1 fully saturated rings. The Labute approximate surface area is 198 Å². The zero-order valence-electron chi connectivity index (χ0n) is 18.9. The van der Waals surface area contributed by atoms with Gasteiger partial charge in [-0.15, -0.1) is 0 Å². The molecule has 0 bridgehead atoms. The number of piperazine rings is 1. The number of hydrogen-bond donors (Lipinski definition) is 2. The van der Waals surface area contributed by atoms with Crippen molar-refractivity contribution in [2.24, 2.45) is 0 Å². The lowest BCUT2D eigenvalue weighted by molar-refractivity contribution is 0.232. The molecule has 0 aromatic carbocycles. The van der Waals surface area contributed by atoms with Crippen LogP contribution in [-0.2, 0) is 5.75 Å². The predicted octanol–water partition coefficient (Wildman–Crippen LogP) is 3.63. The Kier molecular flexibility index (Phi) is 7.41. The quantitative estimate of drug-likeness (QED) is 0.386. The Morgan fingerprint density at radius 2 is 1.94 bits per heavy atom. The van der Waals surface area contributed by atoms with Gasteiger partial charge in [0, 0.05) is 67.7 Å². The number of anilines is 2. The number of aromatic nitrogens is 3. The molecule has 1 aliphatic heterocycles. The summed E-state index contributed by atoms with van der Waals surface area (Å²) in [5, 5.41) is 8.74. The lowest BCUT2D eigenvalue weighted by Gasteiger charge is -2.34. The van der Waals surface area contributed by atoms with E-state index < -0.39 is 0 Å². The standard InChI is InChI=1S/C24H29N7OS/c1-17(2)32-23-13-20(21(25)15-29-23)24(26)19-5-7-28-22(12-19)30-8-10-31(11-9-30)33-16-18-4-3-6-27-14-18/h3-7,12-15,17,26H,8-11,16,25H2,1-2H3. The molecule has 3 N–H and O–H groups in total. The lowest BCUT2D eigenvalue weighted by atomic mass is 10.0. The molecule has 172 valence electrons. The summed E-state index contributed by atoms with van der Waals surface area (Å²) in [5.74, 6) is 2.27. The molecule has 0 amide bonds. The van der Waals surface area contributed by atoms with Gasteiger partial charge in [0.1, 0.15) is 5.82 Å². The van der Waals surface area contributed by atoms with Crippen LogP contribution in [0, 0.1) is 5.41 Å². The molecule has 3 aromatic heterocycles. The fourth-order valence-corrected chi connectivity index (χ4v) is 4.49. The number of ether oxygens (including phenoxy) is 1. The molecular weight excluding hydrogens is 434 g/mol. The van der Waals surface area contributed by atoms with Gasteiger partial charge in [0.05, 0.1) is 23.7 Å². The van der Waals surface area contributed by atoms with Crippen molar-refractivity contribution in [2.75, 3.05) is 36.8 Å². The Balaban J connectivity index is 1.40. The molecule has 4 heterocycles. The summed E-state index contributed by atoms with van der Waals surface area (Å²) in [5.41, 5.74) is 9.52. The highest BCUT2D eigenvalue weighted by Crippen LogP contribution is 2.24. The van der Waals surface area contributed by atoms with Gasteiger partial charge in [-0.1, -0.05) is 18.0 Å². The van der Waals surface area contributed by atoms with Crippen LogP contribution in [0.5, 0.6) is 5.88 Å². The van der Waals surface area contributed by atoms with Gasteiger partial charge in [-0.2, -0.15) is 0 Å². The summed E-state index contributed by atoms with van der Waals surface area (Å²) in [4.78, 5) is 15.2. The Morgan fingerprint density at radius 3 is 2.67 bits per heavy atom. The second-order valence-electron chi connectivity index (χ2n) is 8.10. The van der Waals surface area contributed by atoms with Crippen LogP contribution in [0.15, 0.2) is 55.1 Å². The summed E-state index contributed by atoms with van der Waals surface area (Å²) >= 11 is 1.84. The summed E-state index contributed by atoms with van der Waals surface area (Å²) in [6.45, 7) is 7.54. The van der Waals surface area contributed by atoms with Crippen molar-refractivity contribution in [3.05, 3.63) is 71.8 Å². The summed E-state index contributed by atoms with van der Waals surface area (Å²) < 4.78 is 8.07. The molecule has 1 saturated heterocycles. The van der Waals surface area contributed by atoms with Gasteiger partial charge in [-0.05, 0) is 37.6 Å². The molecule has 33 heavy (non-hydrogen) atoms. The third-order valence-corrected chi connectivity index (χ3v) is 6.46. The summed E-state index contributed by atoms with van der Waals surface area (Å²) in [6, 6.07) is 9.62. The van der Waals surface area contributed by atoms with Gasteiger partial charge in [-0.3, -0.25) is 10.4 Å². The maximum Gasteiger partial charge on any atom is 0.214 e. The van der Waals surface area contributed by atoms with E-state index in [2.05, 4.69) is 30.2 Å². The molecule has 4 rings (SSSR count). The van der Waals surface area contributed by atoms with E-state index in [1.807, 2.05) is 50.2 Å². The van der Waals surface area contributed by atoms with Crippen LogP contribution in [0.2, 0.25) is 0 Å². The number of pyridine rings is 3. The topological polar surface area (TPSA) is 104 Å². The van der Waals surface area contributed by atoms with Crippen LogP contribution < -0.4 is 15.4 Å². The molecular formula is C24H29N7OS. The van der Waals surface area contributed by atoms with Crippen LogP contribution in [0.4, 0.5) is 11.5 Å². The zero-order valence-corrected chi connectivity index (χ0v) is 19.8. The Morgan fingerprint density at radius 1 is 1.12 bits per heavy atom. The first-order valence-corrected chi connectivity index (χ1v) is 11.9. The largest absolute Gasteiger partial charge is 0.475 e. The van der Waals surface area contributed by atoms with Crippen LogP contribution in [0.3, 0.4) is 0 Å². The Bertz CT molecular complexity index is 1090. The lowest BCUT2D eigenvalue weighted by Crippen LogP contribution is -2.43. The minimum atomic E-state index is -0.00289. The zero-order chi connectivity index (χ0) is 23.2. The van der Waals surface area contributed by atoms with Gasteiger partial charge in [0.2, 0.25) is 5.88 Å². The summed E-state index contributed by atoms with van der Waals surface area (Å²) in [6.07, 6.45) is 7.02. The number of rotatable bonds is 8.